The largest absolute Gasteiger partial charge is 0.264 e. The molecule has 0 atom stereocenters. The van der Waals surface area contributed by atoms with E-state index in [4.69, 9.17) is 0 Å². The Balaban J connectivity index is 2.79. The maximum absolute atomic E-state index is 14.1. The summed E-state index contributed by atoms with van der Waals surface area (Å²) in [7, 11) is -2.39. The van der Waals surface area contributed by atoms with E-state index in [1.807, 2.05) is 0 Å². The van der Waals surface area contributed by atoms with E-state index in [9.17, 15) is 26.0 Å². The van der Waals surface area contributed by atoms with E-state index in [-0.39, 0.29) is 0 Å². The first-order valence-corrected chi connectivity index (χ1v) is 7.78. The summed E-state index contributed by atoms with van der Waals surface area (Å²) >= 11 is 0. The molecular weight excluding hydrogens is 336 g/mol. The van der Waals surface area contributed by atoms with Gasteiger partial charge in [-0.15, -0.1) is 0 Å². The summed E-state index contributed by atoms with van der Waals surface area (Å²) in [5, 5.41) is 0. The molecule has 2 aromatic rings. The van der Waals surface area contributed by atoms with E-state index < -0.39 is 50.2 Å². The zero-order chi connectivity index (χ0) is 17.4. The molecule has 0 N–H and O–H groups in total. The predicted molar refractivity (Wildman–Crippen MR) is 74.2 cm³/mol. The van der Waals surface area contributed by atoms with Gasteiger partial charge in [-0.2, -0.15) is 0 Å². The lowest BCUT2D eigenvalue weighted by atomic mass is 10.1. The molecule has 1 aromatic heterocycles. The number of pyridine rings is 1. The molecule has 1 heterocycles. The van der Waals surface area contributed by atoms with Crippen molar-refractivity contribution in [3.8, 4) is 0 Å². The minimum absolute atomic E-state index is 0.312. The Labute approximate surface area is 130 Å². The topological polar surface area (TPSA) is 50.3 Å². The highest BCUT2D eigenvalue weighted by atomic mass is 32.2. The maximum Gasteiger partial charge on any atom is 0.245 e. The van der Waals surface area contributed by atoms with Crippen LogP contribution in [0.15, 0.2) is 29.4 Å². The van der Waals surface area contributed by atoms with Crippen molar-refractivity contribution in [1.82, 2.24) is 9.29 Å². The SMILES string of the molecule is CN(C)S(=O)(=O)c1c(F)c(F)c(F)c(F)c1Cc1cccnc1. The molecule has 124 valence electrons. The second-order valence-corrected chi connectivity index (χ2v) is 6.98. The molecule has 0 fully saturated rings. The number of nitrogens with zero attached hydrogens (tertiary/aromatic N) is 2. The molecule has 9 heteroatoms. The zero-order valence-corrected chi connectivity index (χ0v) is 13.0. The standard InChI is InChI=1S/C14H12F4N2O2S/c1-20(2)23(21,22)14-9(6-8-4-3-5-19-7-8)10(15)11(16)12(17)13(14)18/h3-5,7H,6H2,1-2H3. The fourth-order valence-electron chi connectivity index (χ4n) is 1.97. The Kier molecular flexibility index (Phi) is 4.71. The Hall–Kier alpha value is -2.00. The van der Waals surface area contributed by atoms with Crippen molar-refractivity contribution < 1.29 is 26.0 Å². The highest BCUT2D eigenvalue weighted by Crippen LogP contribution is 2.31. The van der Waals surface area contributed by atoms with Crippen molar-refractivity contribution in [2.24, 2.45) is 0 Å². The van der Waals surface area contributed by atoms with Crippen LogP contribution in [-0.2, 0) is 16.4 Å². The number of rotatable bonds is 4. The lowest BCUT2D eigenvalue weighted by molar-refractivity contribution is 0.388. The molecule has 0 aliphatic carbocycles. The van der Waals surface area contributed by atoms with Gasteiger partial charge in [0.2, 0.25) is 10.0 Å². The van der Waals surface area contributed by atoms with Crippen molar-refractivity contribution >= 4 is 10.0 Å². The zero-order valence-electron chi connectivity index (χ0n) is 12.1. The third-order valence-corrected chi connectivity index (χ3v) is 5.06. The van der Waals surface area contributed by atoms with E-state index in [1.54, 1.807) is 0 Å². The van der Waals surface area contributed by atoms with Crippen LogP contribution in [-0.4, -0.2) is 31.8 Å². The van der Waals surface area contributed by atoms with Gasteiger partial charge in [0.25, 0.3) is 0 Å². The van der Waals surface area contributed by atoms with E-state index >= 15 is 0 Å². The first-order valence-electron chi connectivity index (χ1n) is 6.34. The van der Waals surface area contributed by atoms with Crippen LogP contribution in [0.25, 0.3) is 0 Å². The molecule has 0 saturated heterocycles. The van der Waals surface area contributed by atoms with Crippen LogP contribution in [0.4, 0.5) is 17.6 Å². The fourth-order valence-corrected chi connectivity index (χ4v) is 3.13. The Morgan fingerprint density at radius 2 is 1.65 bits per heavy atom. The number of hydrogen-bond acceptors (Lipinski definition) is 3. The number of hydrogen-bond donors (Lipinski definition) is 0. The molecule has 0 unspecified atom stereocenters. The Bertz CT molecular complexity index is 840. The summed E-state index contributed by atoms with van der Waals surface area (Å²) in [5.41, 5.74) is -0.477. The minimum atomic E-state index is -4.53. The van der Waals surface area contributed by atoms with Gasteiger partial charge < -0.3 is 0 Å². The van der Waals surface area contributed by atoms with Crippen molar-refractivity contribution in [3.05, 3.63) is 58.9 Å². The van der Waals surface area contributed by atoms with E-state index in [0.29, 0.717) is 9.87 Å². The molecule has 4 nitrogen and oxygen atoms in total. The predicted octanol–water partition coefficient (Wildman–Crippen LogP) is 2.48. The second kappa shape index (κ2) is 6.25. The molecule has 0 spiro atoms. The minimum Gasteiger partial charge on any atom is -0.264 e. The highest BCUT2D eigenvalue weighted by molar-refractivity contribution is 7.89. The van der Waals surface area contributed by atoms with Crippen LogP contribution in [0.3, 0.4) is 0 Å². The lowest BCUT2D eigenvalue weighted by Crippen LogP contribution is -2.26. The van der Waals surface area contributed by atoms with Gasteiger partial charge in [-0.1, -0.05) is 6.07 Å². The third kappa shape index (κ3) is 3.06. The molecule has 0 radical (unpaired) electrons. The van der Waals surface area contributed by atoms with Gasteiger partial charge in [-0.3, -0.25) is 4.98 Å². The van der Waals surface area contributed by atoms with Crippen molar-refractivity contribution in [2.45, 2.75) is 11.3 Å². The number of sulfonamides is 1. The molecule has 0 amide bonds. The van der Waals surface area contributed by atoms with Crippen LogP contribution in [0.1, 0.15) is 11.1 Å². The molecule has 0 aliphatic heterocycles. The summed E-state index contributed by atoms with van der Waals surface area (Å²) in [6, 6.07) is 2.96. The van der Waals surface area contributed by atoms with Gasteiger partial charge in [-0.05, 0) is 11.6 Å². The van der Waals surface area contributed by atoms with Crippen LogP contribution < -0.4 is 0 Å². The quantitative estimate of drug-likeness (QED) is 0.485. The normalized spacial score (nSPS) is 12.0. The maximum atomic E-state index is 14.1. The fraction of sp³-hybridized carbons (Fsp3) is 0.214. The van der Waals surface area contributed by atoms with Crippen LogP contribution in [0.2, 0.25) is 0 Å². The Morgan fingerprint density at radius 1 is 1.04 bits per heavy atom. The highest BCUT2D eigenvalue weighted by Gasteiger charge is 2.33. The van der Waals surface area contributed by atoms with E-state index in [0.717, 1.165) is 14.1 Å². The molecule has 0 bridgehead atoms. The molecule has 0 aliphatic rings. The number of aromatic nitrogens is 1. The van der Waals surface area contributed by atoms with Crippen LogP contribution >= 0.6 is 0 Å². The van der Waals surface area contributed by atoms with Crippen molar-refractivity contribution in [1.29, 1.82) is 0 Å². The van der Waals surface area contributed by atoms with E-state index in [2.05, 4.69) is 4.98 Å². The summed E-state index contributed by atoms with van der Waals surface area (Å²) in [5.74, 6) is -7.92. The van der Waals surface area contributed by atoms with Crippen molar-refractivity contribution in [3.63, 3.8) is 0 Å². The van der Waals surface area contributed by atoms with Gasteiger partial charge >= 0.3 is 0 Å². The summed E-state index contributed by atoms with van der Waals surface area (Å²) in [6.07, 6.45) is 2.24. The first kappa shape index (κ1) is 17.4. The molecule has 0 saturated carbocycles. The average Bonchev–Trinajstić information content (AvgIpc) is 2.51. The van der Waals surface area contributed by atoms with Crippen molar-refractivity contribution in [2.75, 3.05) is 14.1 Å². The second-order valence-electron chi connectivity index (χ2n) is 4.89. The van der Waals surface area contributed by atoms with Crippen LogP contribution in [0.5, 0.6) is 0 Å². The van der Waals surface area contributed by atoms with Gasteiger partial charge in [0.05, 0.1) is 0 Å². The van der Waals surface area contributed by atoms with Gasteiger partial charge in [0, 0.05) is 38.5 Å². The summed E-state index contributed by atoms with van der Waals surface area (Å²) in [4.78, 5) is 2.54. The number of benzene rings is 1. The molecule has 1 aromatic carbocycles. The first-order chi connectivity index (χ1) is 10.7. The monoisotopic (exact) mass is 348 g/mol. The van der Waals surface area contributed by atoms with Crippen LogP contribution in [0, 0.1) is 23.3 Å². The Morgan fingerprint density at radius 3 is 2.17 bits per heavy atom. The lowest BCUT2D eigenvalue weighted by Gasteiger charge is -2.17. The third-order valence-electron chi connectivity index (χ3n) is 3.16. The van der Waals surface area contributed by atoms with Gasteiger partial charge in [-0.25, -0.2) is 30.3 Å². The molecule has 23 heavy (non-hydrogen) atoms. The smallest absolute Gasteiger partial charge is 0.245 e. The average molecular weight is 348 g/mol. The summed E-state index contributed by atoms with van der Waals surface area (Å²) < 4.78 is 80.1. The molecular formula is C14H12F4N2O2S. The summed E-state index contributed by atoms with van der Waals surface area (Å²) in [6.45, 7) is 0. The molecule has 2 rings (SSSR count). The number of halogens is 4. The van der Waals surface area contributed by atoms with Gasteiger partial charge in [0.1, 0.15) is 4.90 Å². The van der Waals surface area contributed by atoms with Gasteiger partial charge in [0.15, 0.2) is 23.3 Å². The van der Waals surface area contributed by atoms with E-state index in [1.165, 1.54) is 24.5 Å².